The number of nitrogens with zero attached hydrogens (tertiary/aromatic N) is 1. The number of nitrogens with one attached hydrogen (secondary N) is 1. The molecule has 0 spiro atoms. The zero-order valence-corrected chi connectivity index (χ0v) is 44.3. The predicted molar refractivity (Wildman–Crippen MR) is 290 cm³/mol. The van der Waals surface area contributed by atoms with Crippen LogP contribution in [0.2, 0.25) is 0 Å². The lowest BCUT2D eigenvalue weighted by atomic mass is 9.85. The van der Waals surface area contributed by atoms with Gasteiger partial charge in [-0.3, -0.25) is 0 Å². The van der Waals surface area contributed by atoms with Crippen LogP contribution in [0.5, 0.6) is 0 Å². The highest BCUT2D eigenvalue weighted by Gasteiger charge is 2.36. The van der Waals surface area contributed by atoms with E-state index in [1.165, 1.54) is 203 Å². The molecule has 0 saturated carbocycles. The maximum absolute atomic E-state index is 10.5. The highest BCUT2D eigenvalue weighted by atomic mass is 15.3. The second-order valence-corrected chi connectivity index (χ2v) is 20.0. The van der Waals surface area contributed by atoms with E-state index >= 15 is 0 Å². The molecule has 0 unspecified atom stereocenters. The molecular formula is C63H102N2. The molecular weight excluding hydrogens is 785 g/mol. The van der Waals surface area contributed by atoms with Crippen LogP contribution in [0.25, 0.3) is 11.5 Å². The van der Waals surface area contributed by atoms with Crippen molar-refractivity contribution >= 4 is 11.4 Å². The van der Waals surface area contributed by atoms with Gasteiger partial charge in [0.2, 0.25) is 11.4 Å². The van der Waals surface area contributed by atoms with Gasteiger partial charge in [-0.1, -0.05) is 202 Å². The van der Waals surface area contributed by atoms with Gasteiger partial charge in [-0.25, -0.2) is 4.68 Å². The lowest BCUT2D eigenvalue weighted by Gasteiger charge is -2.19. The van der Waals surface area contributed by atoms with E-state index in [0.717, 1.165) is 61.9 Å². The Morgan fingerprint density at radius 1 is 0.415 bits per heavy atom. The zero-order chi connectivity index (χ0) is 46.9. The molecule has 0 amide bonds. The maximum atomic E-state index is 10.5. The Kier molecular flexibility index (Phi) is 30.4. The first kappa shape index (κ1) is 56.3. The number of hydrogen-bond donors (Lipinski definition) is 0. The predicted octanol–water partition coefficient (Wildman–Crippen LogP) is 19.9. The Morgan fingerprint density at radius 2 is 0.769 bits per heavy atom. The standard InChI is InChI=1S/C63H102N2/c1-9-17-25-27-28-29-30-31-39-47-61-60(46-38-26-18-10-2)62(56-48-52(40-32-19-11-3)58(44-36-23-15-7)53(49-56)41-33-20-12-4)65(64)63(61)57-50-54(42-34-21-13-5)59(45-37-24-16-8)55(51-57)43-35-22-14-6/h46,48-51,64H,9-38,40-45H2,1-8H3. The monoisotopic (exact) mass is 887 g/mol. The molecule has 0 bridgehead atoms. The van der Waals surface area contributed by atoms with Crippen LogP contribution in [0, 0.1) is 11.8 Å². The Labute approximate surface area is 404 Å². The van der Waals surface area contributed by atoms with E-state index in [1.807, 2.05) is 4.68 Å². The van der Waals surface area contributed by atoms with Crippen LogP contribution >= 0.6 is 0 Å². The van der Waals surface area contributed by atoms with Gasteiger partial charge >= 0.3 is 0 Å². The van der Waals surface area contributed by atoms with Gasteiger partial charge in [-0.2, -0.15) is 0 Å². The van der Waals surface area contributed by atoms with Gasteiger partial charge in [0.15, 0.2) is 0 Å². The second-order valence-electron chi connectivity index (χ2n) is 20.0. The van der Waals surface area contributed by atoms with E-state index in [0.29, 0.717) is 0 Å². The summed E-state index contributed by atoms with van der Waals surface area (Å²) in [5, 5.41) is 0. The van der Waals surface area contributed by atoms with Crippen LogP contribution in [0.1, 0.15) is 293 Å². The lowest BCUT2D eigenvalue weighted by Crippen LogP contribution is -2.15. The minimum Gasteiger partial charge on any atom is -0.448 e. The summed E-state index contributed by atoms with van der Waals surface area (Å²) >= 11 is 0. The van der Waals surface area contributed by atoms with Gasteiger partial charge in [0.25, 0.3) is 0 Å². The van der Waals surface area contributed by atoms with Crippen molar-refractivity contribution in [2.45, 2.75) is 287 Å². The summed E-state index contributed by atoms with van der Waals surface area (Å²) in [7, 11) is 0. The summed E-state index contributed by atoms with van der Waals surface area (Å²) in [5.74, 6) is 18.2. The molecule has 65 heavy (non-hydrogen) atoms. The number of rotatable bonds is 37. The molecule has 0 atom stereocenters. The van der Waals surface area contributed by atoms with Gasteiger partial charge in [0, 0.05) is 17.5 Å². The Bertz CT molecular complexity index is 1710. The molecule has 0 saturated heterocycles. The summed E-state index contributed by atoms with van der Waals surface area (Å²) in [4.78, 5) is 0. The maximum Gasteiger partial charge on any atom is 0.225 e. The Hall–Kier alpha value is -3.05. The van der Waals surface area contributed by atoms with Crippen molar-refractivity contribution in [3.05, 3.63) is 91.8 Å². The van der Waals surface area contributed by atoms with Crippen molar-refractivity contribution in [1.29, 1.82) is 0 Å². The number of benzene rings is 2. The van der Waals surface area contributed by atoms with E-state index in [2.05, 4.69) is 97.6 Å². The number of aryl methyl sites for hydroxylation is 4. The number of hydrogen-bond acceptors (Lipinski definition) is 0. The van der Waals surface area contributed by atoms with Crippen molar-refractivity contribution in [1.82, 2.24) is 0 Å². The number of unbranched alkanes of at least 4 members (excludes halogenated alkanes) is 22. The van der Waals surface area contributed by atoms with Crippen LogP contribution in [0.3, 0.4) is 0 Å². The molecule has 0 aromatic heterocycles. The summed E-state index contributed by atoms with van der Waals surface area (Å²) in [6, 6.07) is 10.2. The molecule has 2 heteroatoms. The minimum atomic E-state index is 0.928. The van der Waals surface area contributed by atoms with Crippen molar-refractivity contribution < 1.29 is 4.68 Å². The summed E-state index contributed by atoms with van der Waals surface area (Å²) in [6.45, 7) is 18.6. The van der Waals surface area contributed by atoms with E-state index < -0.39 is 0 Å². The summed E-state index contributed by atoms with van der Waals surface area (Å²) in [5.41, 5.74) is 16.4. The first-order valence-corrected chi connectivity index (χ1v) is 28.6. The molecule has 1 aliphatic rings. The molecule has 1 aliphatic heterocycles. The fourth-order valence-electron chi connectivity index (χ4n) is 10.2. The third-order valence-electron chi connectivity index (χ3n) is 14.2. The molecule has 364 valence electrons. The van der Waals surface area contributed by atoms with Crippen LogP contribution in [0.15, 0.2) is 41.5 Å². The highest BCUT2D eigenvalue weighted by molar-refractivity contribution is 6.17. The molecule has 2 aromatic rings. The van der Waals surface area contributed by atoms with Gasteiger partial charge in [-0.05, 0) is 154 Å². The average Bonchev–Trinajstić information content (AvgIpc) is 3.58. The molecule has 0 fully saturated rings. The second kappa shape index (κ2) is 35.1. The van der Waals surface area contributed by atoms with Gasteiger partial charge in [-0.15, -0.1) is 0 Å². The summed E-state index contributed by atoms with van der Waals surface area (Å²) in [6.07, 6.45) is 46.7. The van der Waals surface area contributed by atoms with Crippen LogP contribution in [-0.2, 0) is 38.5 Å². The Morgan fingerprint density at radius 3 is 1.20 bits per heavy atom. The van der Waals surface area contributed by atoms with Crippen LogP contribution < -0.4 is 0 Å². The summed E-state index contributed by atoms with van der Waals surface area (Å²) < 4.78 is 1.90. The zero-order valence-electron chi connectivity index (χ0n) is 44.3. The highest BCUT2D eigenvalue weighted by Crippen LogP contribution is 2.39. The van der Waals surface area contributed by atoms with Crippen molar-refractivity contribution in [3.8, 4) is 11.8 Å². The van der Waals surface area contributed by atoms with E-state index in [1.54, 1.807) is 33.4 Å². The largest absolute Gasteiger partial charge is 0.448 e. The third kappa shape index (κ3) is 19.6. The molecule has 1 heterocycles. The van der Waals surface area contributed by atoms with Gasteiger partial charge in [0.05, 0.1) is 5.57 Å². The van der Waals surface area contributed by atoms with Crippen molar-refractivity contribution in [2.24, 2.45) is 0 Å². The van der Waals surface area contributed by atoms with E-state index in [-0.39, 0.29) is 0 Å². The molecule has 2 aromatic carbocycles. The van der Waals surface area contributed by atoms with Crippen molar-refractivity contribution in [2.75, 3.05) is 0 Å². The van der Waals surface area contributed by atoms with E-state index in [9.17, 15) is 5.84 Å². The molecule has 2 nitrogen and oxygen atoms in total. The first-order valence-electron chi connectivity index (χ1n) is 28.6. The van der Waals surface area contributed by atoms with Gasteiger partial charge < -0.3 is 5.84 Å². The fourth-order valence-corrected chi connectivity index (χ4v) is 10.2. The molecule has 3 rings (SSSR count). The first-order chi connectivity index (χ1) is 31.9. The van der Waals surface area contributed by atoms with E-state index in [4.69, 9.17) is 0 Å². The van der Waals surface area contributed by atoms with Crippen molar-refractivity contribution in [3.63, 3.8) is 0 Å². The number of allylic oxidation sites excluding steroid dienone is 3. The molecule has 0 radical (unpaired) electrons. The smallest absolute Gasteiger partial charge is 0.225 e. The molecule has 1 N–H and O–H groups in total. The van der Waals surface area contributed by atoms with Gasteiger partial charge in [0.1, 0.15) is 5.57 Å². The molecule has 0 aliphatic carbocycles. The lowest BCUT2D eigenvalue weighted by molar-refractivity contribution is -0.347. The minimum absolute atomic E-state index is 0.928. The quantitative estimate of drug-likeness (QED) is 0.0367. The normalized spacial score (nSPS) is 13.4. The fraction of sp³-hybridized carbons (Fsp3) is 0.698. The Balaban J connectivity index is 2.42. The van der Waals surface area contributed by atoms with Crippen LogP contribution in [0.4, 0.5) is 0 Å². The average molecular weight is 888 g/mol. The topological polar surface area (TPSA) is 26.8 Å². The third-order valence-corrected chi connectivity index (χ3v) is 14.2. The SMILES string of the molecule is CCCCCC=C1C(C#CCCCCCCCCC)=C(c2cc(CCCCC)c(CCCCC)c(CCCCC)c2)[N+]([NH-])=C1c1cc(CCCCC)c(CCCCC)c(CCCCC)c1. The van der Waals surface area contributed by atoms with Crippen LogP contribution in [-0.4, -0.2) is 10.4 Å².